The molecule has 4 rings (SSSR count). The number of hydrogen-bond acceptors (Lipinski definition) is 0. The second kappa shape index (κ2) is 7.18. The Bertz CT molecular complexity index is 772. The number of rotatable bonds is 0. The van der Waals surface area contributed by atoms with Crippen molar-refractivity contribution in [1.82, 2.24) is 0 Å². The molecule has 0 nitrogen and oxygen atoms in total. The zero-order chi connectivity index (χ0) is 15.7. The first-order valence-electron chi connectivity index (χ1n) is 7.81. The minimum atomic E-state index is 0. The van der Waals surface area contributed by atoms with Gasteiger partial charge in [-0.15, -0.1) is 81.2 Å². The fraction of sp³-hybridized carbons (Fsp3) is 0.182. The van der Waals surface area contributed by atoms with Gasteiger partial charge < -0.3 is 0 Å². The summed E-state index contributed by atoms with van der Waals surface area (Å²) in [4.78, 5) is 0. The van der Waals surface area contributed by atoms with Gasteiger partial charge in [-0.3, -0.25) is 0 Å². The van der Waals surface area contributed by atoms with E-state index in [9.17, 15) is 0 Å². The van der Waals surface area contributed by atoms with Crippen molar-refractivity contribution in [1.29, 1.82) is 0 Å². The molecule has 0 amide bonds. The van der Waals surface area contributed by atoms with Gasteiger partial charge in [-0.1, -0.05) is 39.8 Å². The molecule has 0 aliphatic heterocycles. The van der Waals surface area contributed by atoms with Crippen LogP contribution in [0.5, 0.6) is 0 Å². The van der Waals surface area contributed by atoms with Gasteiger partial charge >= 0.3 is 0 Å². The molecule has 4 aromatic carbocycles. The molecule has 0 bridgehead atoms. The van der Waals surface area contributed by atoms with Crippen molar-refractivity contribution in [3.63, 3.8) is 0 Å². The predicted octanol–water partition coefficient (Wildman–Crippen LogP) is 6.35. The third-order valence-electron chi connectivity index (χ3n) is 4.42. The van der Waals surface area contributed by atoms with Gasteiger partial charge in [0.15, 0.2) is 0 Å². The maximum atomic E-state index is 2.24. The minimum absolute atomic E-state index is 0. The van der Waals surface area contributed by atoms with E-state index >= 15 is 0 Å². The van der Waals surface area contributed by atoms with Crippen LogP contribution in [-0.4, -0.2) is 0 Å². The number of aryl methyl sites for hydroxylation is 4. The molecule has 0 atom stereocenters. The molecule has 4 aromatic rings. The molecule has 23 heavy (non-hydrogen) atoms. The van der Waals surface area contributed by atoms with Gasteiger partial charge in [0, 0.05) is 17.4 Å². The Morgan fingerprint density at radius 1 is 0.609 bits per heavy atom. The van der Waals surface area contributed by atoms with Gasteiger partial charge in [0.1, 0.15) is 0 Å². The van der Waals surface area contributed by atoms with Crippen LogP contribution in [0.4, 0.5) is 0 Å². The number of fused-ring (bicyclic) bond motifs is 2. The van der Waals surface area contributed by atoms with E-state index in [-0.39, 0.29) is 17.4 Å². The van der Waals surface area contributed by atoms with Gasteiger partial charge in [-0.2, -0.15) is 11.1 Å². The first-order chi connectivity index (χ1) is 10.6. The van der Waals surface area contributed by atoms with E-state index in [4.69, 9.17) is 0 Å². The van der Waals surface area contributed by atoms with Gasteiger partial charge in [0.05, 0.1) is 0 Å². The molecule has 1 heteroatoms. The third kappa shape index (κ3) is 3.42. The maximum Gasteiger partial charge on any atom is 0 e. The second-order valence-electron chi connectivity index (χ2n) is 6.11. The van der Waals surface area contributed by atoms with Gasteiger partial charge in [0.25, 0.3) is 0 Å². The van der Waals surface area contributed by atoms with Crippen LogP contribution in [0.25, 0.3) is 21.5 Å². The van der Waals surface area contributed by atoms with Crippen LogP contribution in [0.3, 0.4) is 0 Å². The topological polar surface area (TPSA) is 0 Å². The Balaban J connectivity index is 0.000000160. The summed E-state index contributed by atoms with van der Waals surface area (Å²) < 4.78 is 0. The molecule has 0 aliphatic rings. The molecule has 0 saturated carbocycles. The SMILES string of the molecule is Cc1c[c-](C)c2ccccc12.Cc1c[c-](C)c2ccccc12.[Cr]. The van der Waals surface area contributed by atoms with E-state index in [1.54, 1.807) is 0 Å². The summed E-state index contributed by atoms with van der Waals surface area (Å²) in [7, 11) is 0. The van der Waals surface area contributed by atoms with Crippen LogP contribution in [0, 0.1) is 27.7 Å². The van der Waals surface area contributed by atoms with Crippen molar-refractivity contribution in [2.45, 2.75) is 27.7 Å². The van der Waals surface area contributed by atoms with Gasteiger partial charge in [-0.25, -0.2) is 0 Å². The van der Waals surface area contributed by atoms with Crippen molar-refractivity contribution in [2.75, 3.05) is 0 Å². The quantitative estimate of drug-likeness (QED) is 0.328. The molecule has 0 radical (unpaired) electrons. The Morgan fingerprint density at radius 2 is 0.957 bits per heavy atom. The predicted molar refractivity (Wildman–Crippen MR) is 98.0 cm³/mol. The standard InChI is InChI=1S/2C11H11.Cr/c2*1-8-7-9(2)11-6-4-3-5-10(8)11;/h2*3-7H,1-2H3;/q2*-1;. The number of hydrogen-bond donors (Lipinski definition) is 0. The molecule has 0 unspecified atom stereocenters. The fourth-order valence-electron chi connectivity index (χ4n) is 3.30. The minimum Gasteiger partial charge on any atom is -0.156 e. The molecule has 118 valence electrons. The van der Waals surface area contributed by atoms with E-state index in [2.05, 4.69) is 88.4 Å². The summed E-state index contributed by atoms with van der Waals surface area (Å²) in [6.07, 6.45) is 0. The van der Waals surface area contributed by atoms with E-state index in [0.717, 1.165) is 0 Å². The first-order valence-corrected chi connectivity index (χ1v) is 7.81. The van der Waals surface area contributed by atoms with Crippen molar-refractivity contribution in [2.24, 2.45) is 0 Å². The van der Waals surface area contributed by atoms with Crippen LogP contribution < -0.4 is 0 Å². The monoisotopic (exact) mass is 338 g/mol. The van der Waals surface area contributed by atoms with Crippen molar-refractivity contribution in [3.8, 4) is 0 Å². The summed E-state index contributed by atoms with van der Waals surface area (Å²) >= 11 is 0. The van der Waals surface area contributed by atoms with Crippen LogP contribution >= 0.6 is 0 Å². The summed E-state index contributed by atoms with van der Waals surface area (Å²) in [6.45, 7) is 8.65. The van der Waals surface area contributed by atoms with Crippen molar-refractivity contribution in [3.05, 3.63) is 82.9 Å². The van der Waals surface area contributed by atoms with Crippen molar-refractivity contribution >= 4 is 21.5 Å². The Hall–Kier alpha value is -1.81. The number of benzene rings is 2. The second-order valence-corrected chi connectivity index (χ2v) is 6.11. The molecule has 0 spiro atoms. The zero-order valence-corrected chi connectivity index (χ0v) is 15.5. The summed E-state index contributed by atoms with van der Waals surface area (Å²) in [5.74, 6) is 0. The maximum absolute atomic E-state index is 2.24. The molecule has 0 aromatic heterocycles. The van der Waals surface area contributed by atoms with Crippen LogP contribution in [-0.2, 0) is 17.4 Å². The largest absolute Gasteiger partial charge is 0.156 e. The Kier molecular flexibility index (Phi) is 5.47. The van der Waals surface area contributed by atoms with Crippen LogP contribution in [0.2, 0.25) is 0 Å². The molecule has 0 saturated heterocycles. The molecule has 0 heterocycles. The smallest absolute Gasteiger partial charge is 0 e. The zero-order valence-electron chi connectivity index (χ0n) is 14.2. The third-order valence-corrected chi connectivity index (χ3v) is 4.42. The van der Waals surface area contributed by atoms with Gasteiger partial charge in [0.2, 0.25) is 0 Å². The van der Waals surface area contributed by atoms with Gasteiger partial charge in [-0.05, 0) is 0 Å². The average molecular weight is 338 g/mol. The Labute approximate surface area is 149 Å². The van der Waals surface area contributed by atoms with E-state index < -0.39 is 0 Å². The van der Waals surface area contributed by atoms with Crippen LogP contribution in [0.1, 0.15) is 22.3 Å². The van der Waals surface area contributed by atoms with Crippen molar-refractivity contribution < 1.29 is 17.4 Å². The first kappa shape index (κ1) is 17.5. The normalized spacial score (nSPS) is 10.3. The summed E-state index contributed by atoms with van der Waals surface area (Å²) in [6, 6.07) is 21.6. The molecular weight excluding hydrogens is 316 g/mol. The molecule has 0 aliphatic carbocycles. The molecule has 0 fully saturated rings. The van der Waals surface area contributed by atoms with E-state index in [0.29, 0.717) is 0 Å². The van der Waals surface area contributed by atoms with E-state index in [1.165, 1.54) is 43.8 Å². The summed E-state index contributed by atoms with van der Waals surface area (Å²) in [5.41, 5.74) is 5.55. The molecule has 0 N–H and O–H groups in total. The Morgan fingerprint density at radius 3 is 1.30 bits per heavy atom. The fourth-order valence-corrected chi connectivity index (χ4v) is 3.30. The van der Waals surface area contributed by atoms with Crippen LogP contribution in [0.15, 0.2) is 60.7 Å². The molecular formula is C22H22Cr-2. The van der Waals surface area contributed by atoms with E-state index in [1.807, 2.05) is 0 Å². The average Bonchev–Trinajstić information content (AvgIpc) is 2.99. The summed E-state index contributed by atoms with van der Waals surface area (Å²) in [5, 5.41) is 5.57.